The van der Waals surface area contributed by atoms with Gasteiger partial charge in [0.15, 0.2) is 5.82 Å². The fraction of sp³-hybridized carbons (Fsp3) is 0.105. The van der Waals surface area contributed by atoms with E-state index in [0.717, 1.165) is 22.2 Å². The van der Waals surface area contributed by atoms with Crippen LogP contribution in [0.4, 0.5) is 11.5 Å². The molecule has 112 valence electrons. The SMILES string of the molecule is CN(C)c1ccc(C=Nc2nc3ccccc3cc2C#N)cc1. The normalized spacial score (nSPS) is 10.8. The van der Waals surface area contributed by atoms with E-state index in [4.69, 9.17) is 0 Å². The minimum Gasteiger partial charge on any atom is -0.378 e. The van der Waals surface area contributed by atoms with Crippen LogP contribution in [0.3, 0.4) is 0 Å². The Balaban J connectivity index is 1.95. The van der Waals surface area contributed by atoms with E-state index in [0.29, 0.717) is 11.4 Å². The first kappa shape index (κ1) is 14.7. The average molecular weight is 300 g/mol. The summed E-state index contributed by atoms with van der Waals surface area (Å²) >= 11 is 0. The molecule has 0 fully saturated rings. The van der Waals surface area contributed by atoms with Gasteiger partial charge >= 0.3 is 0 Å². The van der Waals surface area contributed by atoms with Crippen molar-refractivity contribution in [2.45, 2.75) is 0 Å². The van der Waals surface area contributed by atoms with Gasteiger partial charge in [0.25, 0.3) is 0 Å². The van der Waals surface area contributed by atoms with E-state index in [9.17, 15) is 5.26 Å². The molecule has 0 bridgehead atoms. The molecule has 1 aromatic heterocycles. The van der Waals surface area contributed by atoms with Gasteiger partial charge in [0.05, 0.1) is 11.1 Å². The zero-order chi connectivity index (χ0) is 16.2. The van der Waals surface area contributed by atoms with Crippen molar-refractivity contribution in [3.63, 3.8) is 0 Å². The average Bonchev–Trinajstić information content (AvgIpc) is 2.59. The lowest BCUT2D eigenvalue weighted by Gasteiger charge is -2.11. The van der Waals surface area contributed by atoms with E-state index < -0.39 is 0 Å². The third kappa shape index (κ3) is 3.19. The van der Waals surface area contributed by atoms with Crippen LogP contribution in [-0.4, -0.2) is 25.3 Å². The first-order valence-electron chi connectivity index (χ1n) is 7.29. The summed E-state index contributed by atoms with van der Waals surface area (Å²) in [6.07, 6.45) is 1.73. The van der Waals surface area contributed by atoms with Gasteiger partial charge in [0.2, 0.25) is 0 Å². The summed E-state index contributed by atoms with van der Waals surface area (Å²) in [6.45, 7) is 0. The maximum absolute atomic E-state index is 9.30. The third-order valence-electron chi connectivity index (χ3n) is 3.57. The van der Waals surface area contributed by atoms with Gasteiger partial charge in [0.1, 0.15) is 6.07 Å². The number of aliphatic imine (C=N–C) groups is 1. The summed E-state index contributed by atoms with van der Waals surface area (Å²) in [5.74, 6) is 0.447. The van der Waals surface area contributed by atoms with E-state index in [-0.39, 0.29) is 0 Å². The molecule has 4 nitrogen and oxygen atoms in total. The van der Waals surface area contributed by atoms with Gasteiger partial charge in [-0.25, -0.2) is 9.98 Å². The van der Waals surface area contributed by atoms with Crippen molar-refractivity contribution in [2.24, 2.45) is 4.99 Å². The molecule has 0 unspecified atom stereocenters. The summed E-state index contributed by atoms with van der Waals surface area (Å²) in [5, 5.41) is 10.2. The highest BCUT2D eigenvalue weighted by atomic mass is 15.1. The number of aromatic nitrogens is 1. The zero-order valence-electron chi connectivity index (χ0n) is 13.1. The molecule has 0 aliphatic carbocycles. The van der Waals surface area contributed by atoms with Crippen molar-refractivity contribution in [3.05, 3.63) is 65.7 Å². The molecule has 0 saturated carbocycles. The quantitative estimate of drug-likeness (QED) is 0.689. The molecule has 0 saturated heterocycles. The molecule has 0 aliphatic rings. The third-order valence-corrected chi connectivity index (χ3v) is 3.57. The number of pyridine rings is 1. The van der Waals surface area contributed by atoms with E-state index >= 15 is 0 Å². The number of hydrogen-bond donors (Lipinski definition) is 0. The molecule has 3 aromatic rings. The Bertz CT molecular complexity index is 903. The standard InChI is InChI=1S/C19H16N4/c1-23(2)17-9-7-14(8-10-17)13-21-19-16(12-20)11-15-5-3-4-6-18(15)22-19/h3-11,13H,1-2H3. The predicted octanol–water partition coefficient (Wildman–Crippen LogP) is 3.92. The van der Waals surface area contributed by atoms with Crippen molar-refractivity contribution in [1.82, 2.24) is 4.98 Å². The summed E-state index contributed by atoms with van der Waals surface area (Å²) < 4.78 is 0. The highest BCUT2D eigenvalue weighted by Gasteiger charge is 2.04. The van der Waals surface area contributed by atoms with Crippen molar-refractivity contribution >= 4 is 28.6 Å². The Labute approximate surface area is 135 Å². The van der Waals surface area contributed by atoms with Crippen LogP contribution in [0.2, 0.25) is 0 Å². The van der Waals surface area contributed by atoms with Crippen LogP contribution in [-0.2, 0) is 0 Å². The monoisotopic (exact) mass is 300 g/mol. The topological polar surface area (TPSA) is 52.3 Å². The van der Waals surface area contributed by atoms with Crippen LogP contribution in [0.25, 0.3) is 10.9 Å². The molecule has 4 heteroatoms. The Morgan fingerprint density at radius 1 is 1.09 bits per heavy atom. The lowest BCUT2D eigenvalue weighted by atomic mass is 10.1. The zero-order valence-corrected chi connectivity index (χ0v) is 13.1. The lowest BCUT2D eigenvalue weighted by molar-refractivity contribution is 1.13. The van der Waals surface area contributed by atoms with Crippen LogP contribution in [0.1, 0.15) is 11.1 Å². The van der Waals surface area contributed by atoms with Gasteiger partial charge < -0.3 is 4.90 Å². The second-order valence-corrected chi connectivity index (χ2v) is 5.41. The Morgan fingerprint density at radius 3 is 2.52 bits per heavy atom. The van der Waals surface area contributed by atoms with Gasteiger partial charge in [-0.1, -0.05) is 30.3 Å². The summed E-state index contributed by atoms with van der Waals surface area (Å²) in [6, 6.07) is 19.7. The van der Waals surface area contributed by atoms with Gasteiger partial charge in [0, 0.05) is 31.4 Å². The minimum atomic E-state index is 0.447. The van der Waals surface area contributed by atoms with Crippen molar-refractivity contribution in [3.8, 4) is 6.07 Å². The molecule has 0 amide bonds. The summed E-state index contributed by atoms with van der Waals surface area (Å²) in [4.78, 5) is 10.9. The molecule has 0 radical (unpaired) electrons. The number of fused-ring (bicyclic) bond motifs is 1. The molecule has 0 spiro atoms. The van der Waals surface area contributed by atoms with E-state index in [2.05, 4.69) is 16.0 Å². The van der Waals surface area contributed by atoms with Crippen LogP contribution in [0.15, 0.2) is 59.6 Å². The highest BCUT2D eigenvalue weighted by molar-refractivity contribution is 5.86. The van der Waals surface area contributed by atoms with Gasteiger partial charge in [-0.05, 0) is 29.8 Å². The second kappa shape index (κ2) is 6.29. The Morgan fingerprint density at radius 2 is 1.83 bits per heavy atom. The number of para-hydroxylation sites is 1. The summed E-state index contributed by atoms with van der Waals surface area (Å²) in [7, 11) is 4.00. The smallest absolute Gasteiger partial charge is 0.170 e. The van der Waals surface area contributed by atoms with Crippen LogP contribution in [0.5, 0.6) is 0 Å². The van der Waals surface area contributed by atoms with Crippen molar-refractivity contribution in [2.75, 3.05) is 19.0 Å². The first-order valence-corrected chi connectivity index (χ1v) is 7.29. The molecular formula is C19H16N4. The van der Waals surface area contributed by atoms with Crippen LogP contribution >= 0.6 is 0 Å². The largest absolute Gasteiger partial charge is 0.378 e. The molecule has 2 aromatic carbocycles. The predicted molar refractivity (Wildman–Crippen MR) is 94.5 cm³/mol. The van der Waals surface area contributed by atoms with Gasteiger partial charge in [-0.2, -0.15) is 5.26 Å². The van der Waals surface area contributed by atoms with Gasteiger partial charge in [-0.15, -0.1) is 0 Å². The van der Waals surface area contributed by atoms with Crippen molar-refractivity contribution in [1.29, 1.82) is 5.26 Å². The highest BCUT2D eigenvalue weighted by Crippen LogP contribution is 2.22. The molecule has 3 rings (SSSR count). The number of rotatable bonds is 3. The molecule has 0 atom stereocenters. The lowest BCUT2D eigenvalue weighted by Crippen LogP contribution is -2.08. The first-order chi connectivity index (χ1) is 11.2. The van der Waals surface area contributed by atoms with E-state index in [1.54, 1.807) is 6.21 Å². The fourth-order valence-corrected chi connectivity index (χ4v) is 2.28. The Kier molecular flexibility index (Phi) is 4.03. The molecule has 0 aliphatic heterocycles. The molecule has 1 heterocycles. The second-order valence-electron chi connectivity index (χ2n) is 5.41. The number of hydrogen-bond acceptors (Lipinski definition) is 4. The maximum atomic E-state index is 9.30. The number of anilines is 1. The summed E-state index contributed by atoms with van der Waals surface area (Å²) in [5.41, 5.74) is 3.41. The van der Waals surface area contributed by atoms with Crippen LogP contribution < -0.4 is 4.90 Å². The molecule has 23 heavy (non-hydrogen) atoms. The maximum Gasteiger partial charge on any atom is 0.170 e. The number of benzene rings is 2. The minimum absolute atomic E-state index is 0.447. The molecular weight excluding hydrogens is 284 g/mol. The van der Waals surface area contributed by atoms with E-state index in [1.165, 1.54) is 0 Å². The number of nitriles is 1. The van der Waals surface area contributed by atoms with E-state index in [1.807, 2.05) is 73.6 Å². The van der Waals surface area contributed by atoms with Crippen molar-refractivity contribution < 1.29 is 0 Å². The van der Waals surface area contributed by atoms with Gasteiger partial charge in [-0.3, -0.25) is 0 Å². The molecule has 0 N–H and O–H groups in total. The fourth-order valence-electron chi connectivity index (χ4n) is 2.28. The van der Waals surface area contributed by atoms with Crippen LogP contribution in [0, 0.1) is 11.3 Å². The Hall–Kier alpha value is -3.19. The number of nitrogens with zero attached hydrogens (tertiary/aromatic N) is 4.